The lowest BCUT2D eigenvalue weighted by molar-refractivity contribution is -0.146. The van der Waals surface area contributed by atoms with Crippen molar-refractivity contribution in [2.24, 2.45) is 0 Å². The van der Waals surface area contributed by atoms with Crippen LogP contribution in [0.15, 0.2) is 72.8 Å². The molecule has 0 saturated carbocycles. The molecule has 166 valence electrons. The van der Waals surface area contributed by atoms with Crippen LogP contribution in [-0.4, -0.2) is 51.4 Å². The summed E-state index contributed by atoms with van der Waals surface area (Å²) in [6, 6.07) is 20.7. The first-order valence-corrected chi connectivity index (χ1v) is 12.5. The third-order valence-corrected chi connectivity index (χ3v) is 10.7. The first-order chi connectivity index (χ1) is 14.8. The molecule has 2 aromatic carbocycles. The fraction of sp³-hybridized carbons (Fsp3) is 0.400. The molecule has 0 unspecified atom stereocenters. The van der Waals surface area contributed by atoms with Crippen molar-refractivity contribution in [3.05, 3.63) is 72.8 Å². The number of esters is 1. The number of ether oxygens (including phenoxy) is 2. The van der Waals surface area contributed by atoms with Gasteiger partial charge in [-0.3, -0.25) is 4.79 Å². The highest BCUT2D eigenvalue weighted by atomic mass is 28.4. The van der Waals surface area contributed by atoms with Gasteiger partial charge in [-0.1, -0.05) is 93.6 Å². The van der Waals surface area contributed by atoms with Gasteiger partial charge in [-0.25, -0.2) is 0 Å². The maximum atomic E-state index is 11.7. The minimum Gasteiger partial charge on any atom is -0.469 e. The van der Waals surface area contributed by atoms with Gasteiger partial charge in [0.15, 0.2) is 0 Å². The molecule has 6 heteroatoms. The maximum Gasteiger partial charge on any atom is 0.308 e. The Morgan fingerprint density at radius 3 is 2.03 bits per heavy atom. The van der Waals surface area contributed by atoms with Gasteiger partial charge in [0.1, 0.15) is 12.2 Å². The first-order valence-electron chi connectivity index (χ1n) is 10.6. The van der Waals surface area contributed by atoms with Crippen molar-refractivity contribution in [3.63, 3.8) is 0 Å². The Kier molecular flexibility index (Phi) is 7.49. The molecule has 31 heavy (non-hydrogen) atoms. The predicted molar refractivity (Wildman–Crippen MR) is 124 cm³/mol. The fourth-order valence-corrected chi connectivity index (χ4v) is 8.75. The van der Waals surface area contributed by atoms with Gasteiger partial charge in [-0.2, -0.15) is 0 Å². The van der Waals surface area contributed by atoms with Gasteiger partial charge in [0.05, 0.1) is 26.2 Å². The summed E-state index contributed by atoms with van der Waals surface area (Å²) < 4.78 is 17.6. The SMILES string of the molecule is COC(=O)C[C@H]1C=C[C@H](O)[C@@H](CO[Si](c2ccccc2)(c2ccccc2)C(C)(C)C)O1. The standard InChI is InChI=1S/C25H32O5Si/c1-25(2,3)31(20-11-7-5-8-12-20,21-13-9-6-10-14-21)29-18-23-22(26)16-15-19(30-23)17-24(27)28-4/h5-16,19,22-23,26H,17-18H2,1-4H3/t19-,22+,23-/m1/s1. The highest BCUT2D eigenvalue weighted by Gasteiger charge is 2.50. The van der Waals surface area contributed by atoms with Crippen LogP contribution in [0.5, 0.6) is 0 Å². The summed E-state index contributed by atoms with van der Waals surface area (Å²) in [6.07, 6.45) is 1.68. The van der Waals surface area contributed by atoms with E-state index in [1.54, 1.807) is 12.2 Å². The topological polar surface area (TPSA) is 65.0 Å². The second-order valence-corrected chi connectivity index (χ2v) is 13.1. The molecule has 5 nitrogen and oxygen atoms in total. The molecule has 0 aliphatic carbocycles. The average Bonchev–Trinajstić information content (AvgIpc) is 2.76. The predicted octanol–water partition coefficient (Wildman–Crippen LogP) is 2.81. The largest absolute Gasteiger partial charge is 0.469 e. The number of carbonyl (C=O) groups excluding carboxylic acids is 1. The summed E-state index contributed by atoms with van der Waals surface area (Å²) in [5, 5.41) is 12.7. The molecular formula is C25H32O5Si. The van der Waals surface area contributed by atoms with Gasteiger partial charge in [0, 0.05) is 0 Å². The molecule has 3 rings (SSSR count). The van der Waals surface area contributed by atoms with Crippen LogP contribution in [0.3, 0.4) is 0 Å². The fourth-order valence-electron chi connectivity index (χ4n) is 4.18. The highest BCUT2D eigenvalue weighted by Crippen LogP contribution is 2.37. The molecule has 2 aromatic rings. The van der Waals surface area contributed by atoms with Crippen molar-refractivity contribution in [2.45, 2.75) is 50.5 Å². The molecule has 0 saturated heterocycles. The van der Waals surface area contributed by atoms with Crippen LogP contribution in [0, 0.1) is 0 Å². The minimum atomic E-state index is -2.73. The second-order valence-electron chi connectivity index (χ2n) is 8.84. The molecule has 1 N–H and O–H groups in total. The van der Waals surface area contributed by atoms with Crippen LogP contribution < -0.4 is 10.4 Å². The van der Waals surface area contributed by atoms with Gasteiger partial charge in [0.2, 0.25) is 0 Å². The Bertz CT molecular complexity index is 836. The molecule has 1 heterocycles. The Balaban J connectivity index is 1.93. The van der Waals surface area contributed by atoms with Crippen molar-refractivity contribution < 1.29 is 23.8 Å². The molecule has 0 spiro atoms. The quantitative estimate of drug-likeness (QED) is 0.407. The van der Waals surface area contributed by atoms with Crippen LogP contribution in [0.1, 0.15) is 27.2 Å². The van der Waals surface area contributed by atoms with E-state index in [1.807, 2.05) is 36.4 Å². The van der Waals surface area contributed by atoms with Crippen LogP contribution in [-0.2, 0) is 18.7 Å². The van der Waals surface area contributed by atoms with Crippen molar-refractivity contribution in [1.29, 1.82) is 0 Å². The molecule has 1 aliphatic heterocycles. The summed E-state index contributed by atoms with van der Waals surface area (Å²) in [5.41, 5.74) is 0. The smallest absolute Gasteiger partial charge is 0.308 e. The number of aliphatic hydroxyl groups is 1. The van der Waals surface area contributed by atoms with Gasteiger partial charge in [-0.05, 0) is 15.4 Å². The van der Waals surface area contributed by atoms with Crippen molar-refractivity contribution in [2.75, 3.05) is 13.7 Å². The number of rotatable bonds is 7. The Morgan fingerprint density at radius 2 is 1.55 bits per heavy atom. The van der Waals surface area contributed by atoms with Crippen molar-refractivity contribution in [3.8, 4) is 0 Å². The zero-order valence-corrected chi connectivity index (χ0v) is 19.7. The van der Waals surface area contributed by atoms with E-state index in [2.05, 4.69) is 45.0 Å². The molecule has 3 atom stereocenters. The molecular weight excluding hydrogens is 408 g/mol. The lowest BCUT2D eigenvalue weighted by Gasteiger charge is -2.44. The summed E-state index contributed by atoms with van der Waals surface area (Å²) >= 11 is 0. The van der Waals surface area contributed by atoms with Gasteiger partial charge < -0.3 is 19.0 Å². The number of benzene rings is 2. The zero-order valence-electron chi connectivity index (χ0n) is 18.7. The first kappa shape index (κ1) is 23.4. The summed E-state index contributed by atoms with van der Waals surface area (Å²) in [7, 11) is -1.38. The summed E-state index contributed by atoms with van der Waals surface area (Å²) in [5.74, 6) is -0.349. The van der Waals surface area contributed by atoms with E-state index in [-0.39, 0.29) is 24.0 Å². The van der Waals surface area contributed by atoms with E-state index in [4.69, 9.17) is 13.9 Å². The normalized spacial score (nSPS) is 21.6. The lowest BCUT2D eigenvalue weighted by atomic mass is 10.1. The van der Waals surface area contributed by atoms with E-state index in [9.17, 15) is 9.90 Å². The molecule has 0 aromatic heterocycles. The van der Waals surface area contributed by atoms with Crippen molar-refractivity contribution >= 4 is 24.7 Å². The molecule has 0 amide bonds. The highest BCUT2D eigenvalue weighted by molar-refractivity contribution is 6.99. The maximum absolute atomic E-state index is 11.7. The molecule has 0 radical (unpaired) electrons. The second kappa shape index (κ2) is 9.91. The summed E-state index contributed by atoms with van der Waals surface area (Å²) in [6.45, 7) is 6.84. The molecule has 1 aliphatic rings. The third-order valence-electron chi connectivity index (χ3n) is 5.73. The van der Waals surface area contributed by atoms with E-state index in [1.165, 1.54) is 17.5 Å². The number of hydrogen-bond donors (Lipinski definition) is 1. The number of methoxy groups -OCH3 is 1. The monoisotopic (exact) mass is 440 g/mol. The van der Waals surface area contributed by atoms with Gasteiger partial charge >= 0.3 is 5.97 Å². The van der Waals surface area contributed by atoms with Crippen LogP contribution >= 0.6 is 0 Å². The zero-order chi connectivity index (χ0) is 22.5. The van der Waals surface area contributed by atoms with Crippen molar-refractivity contribution in [1.82, 2.24) is 0 Å². The number of aliphatic hydroxyl groups excluding tert-OH is 1. The van der Waals surface area contributed by atoms with E-state index < -0.39 is 26.6 Å². The molecule has 0 fully saturated rings. The Hall–Kier alpha value is -2.25. The Labute approximate surface area is 185 Å². The van der Waals surface area contributed by atoms with Crippen LogP contribution in [0.4, 0.5) is 0 Å². The summed E-state index contributed by atoms with van der Waals surface area (Å²) in [4.78, 5) is 11.7. The number of hydrogen-bond acceptors (Lipinski definition) is 5. The van der Waals surface area contributed by atoms with Gasteiger partial charge in [-0.15, -0.1) is 0 Å². The van der Waals surface area contributed by atoms with Crippen LogP contribution in [0.25, 0.3) is 0 Å². The van der Waals surface area contributed by atoms with Gasteiger partial charge in [0.25, 0.3) is 8.32 Å². The molecule has 0 bridgehead atoms. The number of carbonyl (C=O) groups is 1. The average molecular weight is 441 g/mol. The van der Waals surface area contributed by atoms with E-state index in [0.717, 1.165) is 0 Å². The van der Waals surface area contributed by atoms with E-state index in [0.29, 0.717) is 0 Å². The third kappa shape index (κ3) is 5.15. The lowest BCUT2D eigenvalue weighted by Crippen LogP contribution is -2.67. The van der Waals surface area contributed by atoms with Crippen LogP contribution in [0.2, 0.25) is 5.04 Å². The Morgan fingerprint density at radius 1 is 1.00 bits per heavy atom. The van der Waals surface area contributed by atoms with E-state index >= 15 is 0 Å². The minimum absolute atomic E-state index is 0.107.